The van der Waals surface area contributed by atoms with Gasteiger partial charge in [-0.15, -0.1) is 0 Å². The predicted molar refractivity (Wildman–Crippen MR) is 129 cm³/mol. The number of hydrogen-bond acceptors (Lipinski definition) is 6. The zero-order valence-electron chi connectivity index (χ0n) is 19.1. The number of esters is 1. The van der Waals surface area contributed by atoms with E-state index >= 15 is 0 Å². The van der Waals surface area contributed by atoms with Crippen LogP contribution in [0.1, 0.15) is 26.2 Å². The number of ether oxygens (including phenoxy) is 2. The Kier molecular flexibility index (Phi) is 7.22. The minimum Gasteiger partial charge on any atom is -0.481 e. The molecule has 2 aromatic carbocycles. The van der Waals surface area contributed by atoms with Gasteiger partial charge in [0, 0.05) is 53.2 Å². The molecule has 0 bridgehead atoms. The van der Waals surface area contributed by atoms with Crippen molar-refractivity contribution in [1.29, 1.82) is 0 Å². The number of carbonyl (C=O) groups excluding carboxylic acids is 2. The highest BCUT2D eigenvalue weighted by Crippen LogP contribution is 2.34. The fraction of sp³-hybridized carbons (Fsp3) is 0.346. The van der Waals surface area contributed by atoms with E-state index in [0.717, 1.165) is 18.4 Å². The Labute approximate surface area is 202 Å². The molecule has 1 saturated heterocycles. The maximum absolute atomic E-state index is 13.0. The Balaban J connectivity index is 1.52. The Morgan fingerprint density at radius 2 is 1.97 bits per heavy atom. The number of benzene rings is 2. The molecule has 0 aliphatic carbocycles. The molecule has 4 rings (SSSR count). The average molecular weight is 484 g/mol. The molecule has 0 spiro atoms. The highest BCUT2D eigenvalue weighted by atomic mass is 35.5. The van der Waals surface area contributed by atoms with Gasteiger partial charge in [0.05, 0.1) is 7.11 Å². The lowest BCUT2D eigenvalue weighted by Crippen LogP contribution is -2.46. The van der Waals surface area contributed by atoms with Crippen LogP contribution in [0.2, 0.25) is 5.02 Å². The number of nitrogens with zero attached hydrogens (tertiary/aromatic N) is 1. The van der Waals surface area contributed by atoms with Crippen LogP contribution in [0.15, 0.2) is 57.7 Å². The summed E-state index contributed by atoms with van der Waals surface area (Å²) in [6.07, 6.45) is 1.26. The summed E-state index contributed by atoms with van der Waals surface area (Å²) in [6, 6.07) is 13.8. The van der Waals surface area contributed by atoms with E-state index in [0.29, 0.717) is 46.8 Å². The van der Waals surface area contributed by atoms with Crippen molar-refractivity contribution in [2.75, 3.05) is 20.2 Å². The summed E-state index contributed by atoms with van der Waals surface area (Å²) in [5, 5.41) is 1.24. The second-order valence-electron chi connectivity index (χ2n) is 8.45. The van der Waals surface area contributed by atoms with E-state index in [-0.39, 0.29) is 17.8 Å². The molecule has 3 aromatic rings. The quantitative estimate of drug-likeness (QED) is 0.373. The van der Waals surface area contributed by atoms with E-state index in [2.05, 4.69) is 0 Å². The van der Waals surface area contributed by atoms with Gasteiger partial charge in [0.1, 0.15) is 11.3 Å². The van der Waals surface area contributed by atoms with Gasteiger partial charge in [-0.2, -0.15) is 0 Å². The van der Waals surface area contributed by atoms with E-state index in [1.165, 1.54) is 13.2 Å². The summed E-state index contributed by atoms with van der Waals surface area (Å²) in [5.74, 6) is 0.0739. The number of methoxy groups -OCH3 is 1. The van der Waals surface area contributed by atoms with Crippen LogP contribution in [0.3, 0.4) is 0 Å². The van der Waals surface area contributed by atoms with Crippen LogP contribution < -0.4 is 10.4 Å². The molecule has 0 N–H and O–H groups in total. The number of fused-ring (bicyclic) bond motifs is 1. The molecule has 1 aliphatic heterocycles. The molecule has 7 nitrogen and oxygen atoms in total. The van der Waals surface area contributed by atoms with E-state index in [9.17, 15) is 14.4 Å². The van der Waals surface area contributed by atoms with Gasteiger partial charge < -0.3 is 18.8 Å². The second-order valence-corrected chi connectivity index (χ2v) is 8.86. The van der Waals surface area contributed by atoms with Gasteiger partial charge in [0.25, 0.3) is 5.91 Å². The highest BCUT2D eigenvalue weighted by Gasteiger charge is 2.29. The van der Waals surface area contributed by atoms with Gasteiger partial charge in [0.2, 0.25) is 0 Å². The highest BCUT2D eigenvalue weighted by molar-refractivity contribution is 6.33. The lowest BCUT2D eigenvalue weighted by molar-refractivity contribution is -0.145. The largest absolute Gasteiger partial charge is 0.481 e. The molecule has 1 fully saturated rings. The monoisotopic (exact) mass is 483 g/mol. The normalized spacial score (nSPS) is 16.8. The number of rotatable bonds is 6. The Hall–Kier alpha value is -3.32. The van der Waals surface area contributed by atoms with Crippen molar-refractivity contribution in [2.45, 2.75) is 32.3 Å². The molecule has 0 radical (unpaired) electrons. The summed E-state index contributed by atoms with van der Waals surface area (Å²) in [7, 11) is 1.37. The van der Waals surface area contributed by atoms with E-state index in [4.69, 9.17) is 25.5 Å². The van der Waals surface area contributed by atoms with Crippen molar-refractivity contribution in [3.8, 4) is 16.9 Å². The third kappa shape index (κ3) is 5.25. The number of carbonyl (C=O) groups is 2. The first kappa shape index (κ1) is 23.8. The minimum atomic E-state index is -0.743. The zero-order valence-corrected chi connectivity index (χ0v) is 19.8. The van der Waals surface area contributed by atoms with E-state index in [1.54, 1.807) is 36.1 Å². The number of likely N-dealkylation sites (tertiary alicyclic amines) is 1. The molecule has 34 heavy (non-hydrogen) atoms. The van der Waals surface area contributed by atoms with Gasteiger partial charge in [-0.25, -0.2) is 4.79 Å². The smallest absolute Gasteiger partial charge is 0.336 e. The van der Waals surface area contributed by atoms with Crippen molar-refractivity contribution in [1.82, 2.24) is 4.90 Å². The van der Waals surface area contributed by atoms with Crippen molar-refractivity contribution in [3.63, 3.8) is 0 Å². The Morgan fingerprint density at radius 1 is 1.18 bits per heavy atom. The molecule has 1 amide bonds. The van der Waals surface area contributed by atoms with Crippen LogP contribution >= 0.6 is 11.6 Å². The molecule has 178 valence electrons. The van der Waals surface area contributed by atoms with Gasteiger partial charge in [0.15, 0.2) is 6.10 Å². The zero-order chi connectivity index (χ0) is 24.2. The van der Waals surface area contributed by atoms with Crippen LogP contribution in [-0.2, 0) is 14.3 Å². The maximum atomic E-state index is 13.0. The Morgan fingerprint density at radius 3 is 2.74 bits per heavy atom. The van der Waals surface area contributed by atoms with Crippen LogP contribution in [0.5, 0.6) is 5.75 Å². The molecule has 1 aliphatic rings. The first-order valence-electron chi connectivity index (χ1n) is 11.2. The summed E-state index contributed by atoms with van der Waals surface area (Å²) in [6.45, 7) is 2.81. The molecule has 2 heterocycles. The van der Waals surface area contributed by atoms with Crippen LogP contribution in [0.25, 0.3) is 22.1 Å². The molecular formula is C26H26ClNO6. The molecule has 8 heteroatoms. The summed E-state index contributed by atoms with van der Waals surface area (Å²) < 4.78 is 16.1. The average Bonchev–Trinajstić information content (AvgIpc) is 2.83. The predicted octanol–water partition coefficient (Wildman–Crippen LogP) is 4.68. The second kappa shape index (κ2) is 10.3. The number of hydrogen-bond donors (Lipinski definition) is 0. The molecule has 1 aromatic heterocycles. The summed E-state index contributed by atoms with van der Waals surface area (Å²) >= 11 is 6.34. The SMILES string of the molecule is COC(=O)C[C@H]1CCCN(C(=O)[C@@H](C)Oc2ccc3c(-c4ccccc4Cl)cc(=O)oc3c2)C1. The van der Waals surface area contributed by atoms with Gasteiger partial charge in [-0.1, -0.05) is 29.8 Å². The standard InChI is InChI=1S/C26H26ClNO6/c1-16(26(31)28-11-5-6-17(15-28)12-24(29)32-2)33-18-9-10-20-21(14-25(30)34-23(20)13-18)19-7-3-4-8-22(19)27/h3-4,7-10,13-14,16-17H,5-6,11-12,15H2,1-2H3/t16-,17-/m1/s1. The van der Waals surface area contributed by atoms with E-state index in [1.807, 2.05) is 18.2 Å². The number of amides is 1. The van der Waals surface area contributed by atoms with Gasteiger partial charge in [-0.3, -0.25) is 9.59 Å². The van der Waals surface area contributed by atoms with Crippen LogP contribution in [-0.4, -0.2) is 43.1 Å². The third-order valence-corrected chi connectivity index (χ3v) is 6.38. The molecule has 0 unspecified atom stereocenters. The van der Waals surface area contributed by atoms with Gasteiger partial charge >= 0.3 is 11.6 Å². The lowest BCUT2D eigenvalue weighted by Gasteiger charge is -2.33. The third-order valence-electron chi connectivity index (χ3n) is 6.05. The van der Waals surface area contributed by atoms with Crippen molar-refractivity contribution >= 4 is 34.4 Å². The van der Waals surface area contributed by atoms with Gasteiger partial charge in [-0.05, 0) is 43.9 Å². The molecule has 2 atom stereocenters. The molecule has 0 saturated carbocycles. The van der Waals surface area contributed by atoms with Crippen molar-refractivity contribution in [3.05, 3.63) is 64.0 Å². The first-order chi connectivity index (χ1) is 16.4. The Bertz CT molecular complexity index is 1270. The van der Waals surface area contributed by atoms with Crippen molar-refractivity contribution < 1.29 is 23.5 Å². The minimum absolute atomic E-state index is 0.0792. The number of piperidine rings is 1. The van der Waals surface area contributed by atoms with Crippen LogP contribution in [0, 0.1) is 5.92 Å². The lowest BCUT2D eigenvalue weighted by atomic mass is 9.94. The summed E-state index contributed by atoms with van der Waals surface area (Å²) in [5.41, 5.74) is 1.23. The topological polar surface area (TPSA) is 86.0 Å². The maximum Gasteiger partial charge on any atom is 0.336 e. The first-order valence-corrected chi connectivity index (χ1v) is 11.6. The summed E-state index contributed by atoms with van der Waals surface area (Å²) in [4.78, 5) is 38.6. The molecular weight excluding hydrogens is 458 g/mol. The number of halogens is 1. The fourth-order valence-electron chi connectivity index (χ4n) is 4.38. The van der Waals surface area contributed by atoms with E-state index < -0.39 is 11.7 Å². The van der Waals surface area contributed by atoms with Crippen LogP contribution in [0.4, 0.5) is 0 Å². The fourth-order valence-corrected chi connectivity index (χ4v) is 4.62. The van der Waals surface area contributed by atoms with Crippen molar-refractivity contribution in [2.24, 2.45) is 5.92 Å².